The molecule has 1 saturated heterocycles. The lowest BCUT2D eigenvalue weighted by atomic mass is 10.1. The van der Waals surface area contributed by atoms with Gasteiger partial charge in [-0.05, 0) is 12.8 Å². The number of β-amino-alcohol motifs (C(OH)–C–C–N with tert-alkyl or cyclic N) is 1. The van der Waals surface area contributed by atoms with Crippen molar-refractivity contribution >= 4 is 0 Å². The minimum atomic E-state index is 0.248. The molecule has 5 heteroatoms. The normalized spacial score (nSPS) is 18.7. The van der Waals surface area contributed by atoms with Crippen molar-refractivity contribution in [2.24, 2.45) is 0 Å². The van der Waals surface area contributed by atoms with E-state index >= 15 is 0 Å². The standard InChI is InChI=1S/C12H20N3O2/c1-17-10-11-2-7-15(13-11)12-3-5-14(6-4-12)8-9-16/h7,12,16H,3-6,8-10H2,1H3. The summed E-state index contributed by atoms with van der Waals surface area (Å²) in [5.41, 5.74) is 0.866. The van der Waals surface area contributed by atoms with Crippen LogP contribution in [0.15, 0.2) is 6.20 Å². The number of rotatable bonds is 5. The fourth-order valence-corrected chi connectivity index (χ4v) is 2.28. The molecule has 1 radical (unpaired) electrons. The van der Waals surface area contributed by atoms with E-state index < -0.39 is 0 Å². The van der Waals surface area contributed by atoms with E-state index in [1.807, 2.05) is 10.9 Å². The molecule has 1 aliphatic heterocycles. The third-order valence-electron chi connectivity index (χ3n) is 3.23. The first kappa shape index (κ1) is 12.5. The number of methoxy groups -OCH3 is 1. The third-order valence-corrected chi connectivity index (χ3v) is 3.23. The van der Waals surface area contributed by atoms with Gasteiger partial charge in [-0.15, -0.1) is 0 Å². The highest BCUT2D eigenvalue weighted by Crippen LogP contribution is 2.21. The minimum absolute atomic E-state index is 0.248. The maximum absolute atomic E-state index is 8.89. The Morgan fingerprint density at radius 2 is 2.29 bits per heavy atom. The molecule has 2 rings (SSSR count). The highest BCUT2D eigenvalue weighted by atomic mass is 16.5. The Hall–Kier alpha value is -0.910. The first-order chi connectivity index (χ1) is 8.33. The summed E-state index contributed by atoms with van der Waals surface area (Å²) in [4.78, 5) is 2.29. The molecule has 1 aromatic rings. The molecule has 2 heterocycles. The van der Waals surface area contributed by atoms with Gasteiger partial charge < -0.3 is 14.7 Å². The lowest BCUT2D eigenvalue weighted by molar-refractivity contribution is 0.144. The summed E-state index contributed by atoms with van der Waals surface area (Å²) in [5.74, 6) is 0. The van der Waals surface area contributed by atoms with Crippen molar-refractivity contribution in [3.63, 3.8) is 0 Å². The monoisotopic (exact) mass is 238 g/mol. The van der Waals surface area contributed by atoms with Crippen LogP contribution >= 0.6 is 0 Å². The SMILES string of the molecule is COCc1[c]cn(C2CCN(CCO)CC2)n1. The van der Waals surface area contributed by atoms with E-state index in [0.717, 1.165) is 38.2 Å². The molecule has 0 saturated carbocycles. The number of hydrogen-bond donors (Lipinski definition) is 1. The lowest BCUT2D eigenvalue weighted by Gasteiger charge is -2.31. The van der Waals surface area contributed by atoms with E-state index in [4.69, 9.17) is 9.84 Å². The largest absolute Gasteiger partial charge is 0.395 e. The summed E-state index contributed by atoms with van der Waals surface area (Å²) in [5, 5.41) is 13.3. The molecule has 1 fully saturated rings. The molecule has 0 spiro atoms. The van der Waals surface area contributed by atoms with Crippen LogP contribution < -0.4 is 0 Å². The Balaban J connectivity index is 1.86. The number of aromatic nitrogens is 2. The maximum atomic E-state index is 8.89. The molecule has 0 unspecified atom stereocenters. The zero-order valence-electron chi connectivity index (χ0n) is 10.3. The van der Waals surface area contributed by atoms with Crippen LogP contribution in [0.2, 0.25) is 0 Å². The van der Waals surface area contributed by atoms with E-state index in [0.29, 0.717) is 12.6 Å². The second kappa shape index (κ2) is 6.14. The number of piperidine rings is 1. The van der Waals surface area contributed by atoms with Crippen LogP contribution in [-0.4, -0.2) is 53.1 Å². The molecule has 0 amide bonds. The molecule has 1 aliphatic rings. The summed E-state index contributed by atoms with van der Waals surface area (Å²) < 4.78 is 7.04. The van der Waals surface area contributed by atoms with Gasteiger partial charge in [-0.3, -0.25) is 4.68 Å². The Labute approximate surface area is 102 Å². The summed E-state index contributed by atoms with van der Waals surface area (Å²) in [6.07, 6.45) is 4.09. The van der Waals surface area contributed by atoms with E-state index in [9.17, 15) is 0 Å². The Morgan fingerprint density at radius 1 is 1.53 bits per heavy atom. The Morgan fingerprint density at radius 3 is 2.94 bits per heavy atom. The predicted octanol–water partition coefficient (Wildman–Crippen LogP) is 0.459. The van der Waals surface area contributed by atoms with Crippen molar-refractivity contribution in [2.45, 2.75) is 25.5 Å². The molecule has 17 heavy (non-hydrogen) atoms. The highest BCUT2D eigenvalue weighted by Gasteiger charge is 2.20. The third kappa shape index (κ3) is 3.28. The number of ether oxygens (including phenoxy) is 1. The second-order valence-electron chi connectivity index (χ2n) is 4.43. The predicted molar refractivity (Wildman–Crippen MR) is 63.6 cm³/mol. The first-order valence-electron chi connectivity index (χ1n) is 6.11. The van der Waals surface area contributed by atoms with Gasteiger partial charge in [0.05, 0.1) is 24.9 Å². The van der Waals surface area contributed by atoms with Crippen molar-refractivity contribution in [1.82, 2.24) is 14.7 Å². The van der Waals surface area contributed by atoms with Crippen LogP contribution in [0.25, 0.3) is 0 Å². The molecule has 95 valence electrons. The highest BCUT2D eigenvalue weighted by molar-refractivity contribution is 4.96. The molecular weight excluding hydrogens is 218 g/mol. The van der Waals surface area contributed by atoms with Gasteiger partial charge in [0.15, 0.2) is 0 Å². The van der Waals surface area contributed by atoms with E-state index in [1.54, 1.807) is 7.11 Å². The average molecular weight is 238 g/mol. The first-order valence-corrected chi connectivity index (χ1v) is 6.11. The Bertz CT molecular complexity index is 332. The minimum Gasteiger partial charge on any atom is -0.395 e. The number of aliphatic hydroxyl groups excluding tert-OH is 1. The molecule has 0 aromatic carbocycles. The van der Waals surface area contributed by atoms with Gasteiger partial charge >= 0.3 is 0 Å². The van der Waals surface area contributed by atoms with Crippen LogP contribution in [0.4, 0.5) is 0 Å². The molecule has 1 N–H and O–H groups in total. The zero-order valence-corrected chi connectivity index (χ0v) is 10.3. The van der Waals surface area contributed by atoms with Crippen molar-refractivity contribution in [1.29, 1.82) is 0 Å². The smallest absolute Gasteiger partial charge is 0.0961 e. The number of aliphatic hydroxyl groups is 1. The summed E-state index contributed by atoms with van der Waals surface area (Å²) in [7, 11) is 1.67. The topological polar surface area (TPSA) is 50.5 Å². The van der Waals surface area contributed by atoms with E-state index in [2.05, 4.69) is 16.1 Å². The van der Waals surface area contributed by atoms with Crippen molar-refractivity contribution in [3.8, 4) is 0 Å². The molecule has 0 aliphatic carbocycles. The molecule has 0 bridgehead atoms. The van der Waals surface area contributed by atoms with Gasteiger partial charge in [-0.2, -0.15) is 5.10 Å². The summed E-state index contributed by atoms with van der Waals surface area (Å²) in [6.45, 7) is 3.62. The number of nitrogens with zero attached hydrogens (tertiary/aromatic N) is 3. The van der Waals surface area contributed by atoms with Gasteiger partial charge in [-0.25, -0.2) is 0 Å². The van der Waals surface area contributed by atoms with Crippen LogP contribution in [-0.2, 0) is 11.3 Å². The van der Waals surface area contributed by atoms with Crippen molar-refractivity contribution < 1.29 is 9.84 Å². The molecule has 0 atom stereocenters. The Kier molecular flexibility index (Phi) is 4.53. The van der Waals surface area contributed by atoms with E-state index in [-0.39, 0.29) is 6.61 Å². The van der Waals surface area contributed by atoms with Crippen LogP contribution in [0.1, 0.15) is 24.6 Å². The lowest BCUT2D eigenvalue weighted by Crippen LogP contribution is -2.36. The van der Waals surface area contributed by atoms with Crippen LogP contribution in [0.5, 0.6) is 0 Å². The van der Waals surface area contributed by atoms with Gasteiger partial charge in [0.25, 0.3) is 0 Å². The number of likely N-dealkylation sites (tertiary alicyclic amines) is 1. The molecule has 5 nitrogen and oxygen atoms in total. The van der Waals surface area contributed by atoms with Gasteiger partial charge in [0.2, 0.25) is 0 Å². The van der Waals surface area contributed by atoms with Crippen molar-refractivity contribution in [2.75, 3.05) is 33.4 Å². The van der Waals surface area contributed by atoms with Crippen LogP contribution in [0, 0.1) is 6.07 Å². The average Bonchev–Trinajstić information content (AvgIpc) is 2.80. The molecular formula is C12H20N3O2. The zero-order chi connectivity index (χ0) is 12.1. The fraction of sp³-hybridized carbons (Fsp3) is 0.750. The molecule has 1 aromatic heterocycles. The summed E-state index contributed by atoms with van der Waals surface area (Å²) >= 11 is 0. The number of hydrogen-bond acceptors (Lipinski definition) is 4. The van der Waals surface area contributed by atoms with Gasteiger partial charge in [0, 0.05) is 39.0 Å². The van der Waals surface area contributed by atoms with Crippen LogP contribution in [0.3, 0.4) is 0 Å². The summed E-state index contributed by atoms with van der Waals surface area (Å²) in [6, 6.07) is 3.58. The van der Waals surface area contributed by atoms with Gasteiger partial charge in [0.1, 0.15) is 0 Å². The van der Waals surface area contributed by atoms with Gasteiger partial charge in [-0.1, -0.05) is 0 Å². The van der Waals surface area contributed by atoms with Crippen molar-refractivity contribution in [3.05, 3.63) is 18.0 Å². The van der Waals surface area contributed by atoms with E-state index in [1.165, 1.54) is 0 Å². The second-order valence-corrected chi connectivity index (χ2v) is 4.43. The quantitative estimate of drug-likeness (QED) is 0.809. The maximum Gasteiger partial charge on any atom is 0.0961 e. The fourth-order valence-electron chi connectivity index (χ4n) is 2.28.